The first kappa shape index (κ1) is 29.6. The third-order valence-electron chi connectivity index (χ3n) is 7.15. The van der Waals surface area contributed by atoms with Gasteiger partial charge in [0.2, 0.25) is 5.91 Å². The van der Waals surface area contributed by atoms with E-state index in [4.69, 9.17) is 15.5 Å². The predicted octanol–water partition coefficient (Wildman–Crippen LogP) is 6.51. The van der Waals surface area contributed by atoms with Crippen molar-refractivity contribution in [3.8, 4) is 17.0 Å². The van der Waals surface area contributed by atoms with Crippen LogP contribution in [0.2, 0.25) is 0 Å². The predicted molar refractivity (Wildman–Crippen MR) is 170 cm³/mol. The lowest BCUT2D eigenvalue weighted by Crippen LogP contribution is -2.34. The van der Waals surface area contributed by atoms with E-state index in [0.29, 0.717) is 35.9 Å². The van der Waals surface area contributed by atoms with Gasteiger partial charge in [-0.25, -0.2) is 14.4 Å². The molecule has 1 atom stereocenters. The van der Waals surface area contributed by atoms with E-state index in [-0.39, 0.29) is 24.2 Å². The first-order chi connectivity index (χ1) is 20.8. The quantitative estimate of drug-likeness (QED) is 0.165. The number of halogens is 1. The van der Waals surface area contributed by atoms with E-state index in [0.717, 1.165) is 27.6 Å². The summed E-state index contributed by atoms with van der Waals surface area (Å²) < 4.78 is 23.8. The zero-order valence-electron chi connectivity index (χ0n) is 24.9. The number of carbonyl (C=O) groups is 1. The van der Waals surface area contributed by atoms with Gasteiger partial charge in [-0.2, -0.15) is 0 Å². The second kappa shape index (κ2) is 12.9. The highest BCUT2D eigenvalue weighted by molar-refractivity contribution is 5.93. The number of hydrogen-bond acceptors (Lipinski definition) is 6. The average Bonchev–Trinajstić information content (AvgIpc) is 3.40. The van der Waals surface area contributed by atoms with Crippen LogP contribution in [-0.2, 0) is 17.8 Å². The molecule has 0 saturated carbocycles. The number of ether oxygens (including phenoxy) is 1. The van der Waals surface area contributed by atoms with Crippen molar-refractivity contribution in [2.45, 2.75) is 52.7 Å². The maximum Gasteiger partial charge on any atom is 0.240 e. The molecule has 1 amide bonds. The van der Waals surface area contributed by atoms with Gasteiger partial charge in [0.1, 0.15) is 24.2 Å². The number of benzene rings is 3. The Balaban J connectivity index is 1.70. The van der Waals surface area contributed by atoms with E-state index in [1.165, 1.54) is 0 Å². The minimum absolute atomic E-state index is 0.0128. The Morgan fingerprint density at radius 1 is 1.07 bits per heavy atom. The van der Waals surface area contributed by atoms with Crippen LogP contribution in [0, 0.1) is 5.82 Å². The number of carbonyl (C=O) groups excluding carboxylic acids is 1. The van der Waals surface area contributed by atoms with Crippen LogP contribution >= 0.6 is 0 Å². The number of amides is 1. The van der Waals surface area contributed by atoms with Gasteiger partial charge in [0.25, 0.3) is 0 Å². The van der Waals surface area contributed by atoms with Gasteiger partial charge in [-0.05, 0) is 68.5 Å². The number of rotatable bonds is 11. The summed E-state index contributed by atoms with van der Waals surface area (Å²) in [5.41, 5.74) is 9.67. The van der Waals surface area contributed by atoms with E-state index in [1.807, 2.05) is 94.6 Å². The Morgan fingerprint density at radius 2 is 1.86 bits per heavy atom. The summed E-state index contributed by atoms with van der Waals surface area (Å²) in [6.45, 7) is 8.00. The molecule has 5 rings (SSSR count). The molecule has 0 spiro atoms. The Bertz CT molecular complexity index is 1730. The van der Waals surface area contributed by atoms with Crippen molar-refractivity contribution < 1.29 is 13.9 Å². The largest absolute Gasteiger partial charge is 0.491 e. The minimum atomic E-state index is -0.772. The van der Waals surface area contributed by atoms with Crippen molar-refractivity contribution in [2.75, 3.05) is 17.7 Å². The molecule has 2 aromatic heterocycles. The van der Waals surface area contributed by atoms with Crippen LogP contribution in [0.5, 0.6) is 5.75 Å². The monoisotopic (exact) mass is 580 g/mol. The highest BCUT2D eigenvalue weighted by atomic mass is 19.1. The van der Waals surface area contributed by atoms with Crippen molar-refractivity contribution >= 4 is 28.2 Å². The van der Waals surface area contributed by atoms with Gasteiger partial charge in [-0.15, -0.1) is 0 Å². The summed E-state index contributed by atoms with van der Waals surface area (Å²) in [6.07, 6.45) is 4.18. The minimum Gasteiger partial charge on any atom is -0.491 e. The molecule has 0 aliphatic carbocycles. The van der Waals surface area contributed by atoms with Crippen molar-refractivity contribution in [3.05, 3.63) is 102 Å². The Morgan fingerprint density at radius 3 is 2.58 bits per heavy atom. The molecule has 0 aliphatic heterocycles. The number of nitrogens with zero attached hydrogens (tertiary/aromatic N) is 3. The molecule has 8 nitrogen and oxygen atoms in total. The van der Waals surface area contributed by atoms with Crippen LogP contribution in [0.25, 0.3) is 22.0 Å². The summed E-state index contributed by atoms with van der Waals surface area (Å²) >= 11 is 0. The lowest BCUT2D eigenvalue weighted by molar-refractivity contribution is -0.122. The van der Waals surface area contributed by atoms with E-state index < -0.39 is 11.9 Å². The summed E-state index contributed by atoms with van der Waals surface area (Å²) in [5.74, 6) is 0.455. The van der Waals surface area contributed by atoms with Gasteiger partial charge in [0.15, 0.2) is 11.6 Å². The fourth-order valence-corrected chi connectivity index (χ4v) is 5.15. The van der Waals surface area contributed by atoms with E-state index in [2.05, 4.69) is 15.6 Å². The standard InChI is InChI=1S/C34H37FN6O2/c1-5-22-16-27(31(35)29(17-22)43-6-2)32(39-25-12-13-26-24(18-25)14-15-37-33(26)36)34-40-28(23-10-8-7-9-11-23)19-41(34)20-30(42)38-21(3)4/h7-19,21,32,39H,5-6,20H2,1-4H3,(H2,36,37)(H,38,42). The number of fused-ring (bicyclic) bond motifs is 1. The molecule has 2 heterocycles. The van der Waals surface area contributed by atoms with E-state index >= 15 is 4.39 Å². The number of imidazole rings is 1. The van der Waals surface area contributed by atoms with Crippen molar-refractivity contribution in [1.82, 2.24) is 19.9 Å². The van der Waals surface area contributed by atoms with Crippen LogP contribution in [-0.4, -0.2) is 33.1 Å². The lowest BCUT2D eigenvalue weighted by atomic mass is 9.99. The first-order valence-corrected chi connectivity index (χ1v) is 14.5. The average molecular weight is 581 g/mol. The smallest absolute Gasteiger partial charge is 0.240 e. The topological polar surface area (TPSA) is 107 Å². The lowest BCUT2D eigenvalue weighted by Gasteiger charge is -2.24. The van der Waals surface area contributed by atoms with E-state index in [1.54, 1.807) is 16.8 Å². The summed E-state index contributed by atoms with van der Waals surface area (Å²) in [6, 6.07) is 20.1. The fraction of sp³-hybridized carbons (Fsp3) is 0.265. The zero-order chi connectivity index (χ0) is 30.5. The highest BCUT2D eigenvalue weighted by Crippen LogP contribution is 2.36. The van der Waals surface area contributed by atoms with Gasteiger partial charge >= 0.3 is 0 Å². The molecular formula is C34H37FN6O2. The summed E-state index contributed by atoms with van der Waals surface area (Å²) in [7, 11) is 0. The highest BCUT2D eigenvalue weighted by Gasteiger charge is 2.28. The Labute approximate surface area is 251 Å². The molecule has 43 heavy (non-hydrogen) atoms. The number of nitrogen functional groups attached to an aromatic ring is 1. The second-order valence-corrected chi connectivity index (χ2v) is 10.7. The Hall–Kier alpha value is -4.92. The molecule has 4 N–H and O–H groups in total. The molecule has 0 fully saturated rings. The van der Waals surface area contributed by atoms with Crippen LogP contribution in [0.15, 0.2) is 79.1 Å². The number of aryl methyl sites for hydroxylation is 1. The van der Waals surface area contributed by atoms with Gasteiger partial charge in [-0.3, -0.25) is 4.79 Å². The van der Waals surface area contributed by atoms with Crippen LogP contribution in [0.3, 0.4) is 0 Å². The molecule has 0 bridgehead atoms. The molecule has 5 aromatic rings. The number of nitrogens with two attached hydrogens (primary N) is 1. The number of aromatic nitrogens is 3. The zero-order valence-corrected chi connectivity index (χ0v) is 24.9. The maximum atomic E-state index is 16.3. The number of anilines is 2. The number of pyridine rings is 1. The van der Waals surface area contributed by atoms with Gasteiger partial charge in [0, 0.05) is 40.6 Å². The molecule has 3 aromatic carbocycles. The first-order valence-electron chi connectivity index (χ1n) is 14.5. The van der Waals surface area contributed by atoms with Crippen LogP contribution in [0.4, 0.5) is 15.9 Å². The third-order valence-corrected chi connectivity index (χ3v) is 7.15. The molecule has 0 radical (unpaired) electrons. The second-order valence-electron chi connectivity index (χ2n) is 10.7. The van der Waals surface area contributed by atoms with Crippen molar-refractivity contribution in [2.24, 2.45) is 0 Å². The Kier molecular flexibility index (Phi) is 8.90. The summed E-state index contributed by atoms with van der Waals surface area (Å²) in [4.78, 5) is 22.2. The van der Waals surface area contributed by atoms with E-state index in [9.17, 15) is 4.79 Å². The molecule has 0 saturated heterocycles. The summed E-state index contributed by atoms with van der Waals surface area (Å²) in [5, 5.41) is 8.20. The third kappa shape index (κ3) is 6.61. The molecule has 0 aliphatic rings. The molecular weight excluding hydrogens is 543 g/mol. The molecule has 1 unspecified atom stereocenters. The van der Waals surface area contributed by atoms with Gasteiger partial charge < -0.3 is 25.7 Å². The fourth-order valence-electron chi connectivity index (χ4n) is 5.15. The van der Waals surface area contributed by atoms with Gasteiger partial charge in [-0.1, -0.05) is 43.3 Å². The van der Waals surface area contributed by atoms with Crippen molar-refractivity contribution in [3.63, 3.8) is 0 Å². The van der Waals surface area contributed by atoms with Crippen molar-refractivity contribution in [1.29, 1.82) is 0 Å². The maximum absolute atomic E-state index is 16.3. The van der Waals surface area contributed by atoms with Crippen LogP contribution < -0.4 is 21.1 Å². The number of nitrogens with one attached hydrogen (secondary N) is 2. The molecule has 222 valence electrons. The molecule has 9 heteroatoms. The number of hydrogen-bond donors (Lipinski definition) is 3. The normalized spacial score (nSPS) is 12.0. The van der Waals surface area contributed by atoms with Gasteiger partial charge in [0.05, 0.1) is 12.3 Å². The van der Waals surface area contributed by atoms with Crippen LogP contribution in [0.1, 0.15) is 50.7 Å². The SMILES string of the molecule is CCOc1cc(CC)cc(C(Nc2ccc3c(N)nccc3c2)c2nc(-c3ccccc3)cn2CC(=O)NC(C)C)c1F.